The van der Waals surface area contributed by atoms with Crippen LogP contribution >= 0.6 is 0 Å². The van der Waals surface area contributed by atoms with Gasteiger partial charge in [0.2, 0.25) is 0 Å². The van der Waals surface area contributed by atoms with Crippen LogP contribution in [0.4, 0.5) is 5.69 Å². The number of aryl methyl sites for hydroxylation is 1. The van der Waals surface area contributed by atoms with Crippen LogP contribution in [0, 0.1) is 12.8 Å². The standard InChI is InChI=1S/C21H24N2O5/c1-14-5-3-9-23(12-14)19(24)13-28-21(26)16-8-7-15(2)17(11-16)22-20(25)18-6-4-10-27-18/h4,6-8,10-11,14H,3,5,9,12-13H2,1-2H3,(H,22,25)/t14-/m0/s1. The van der Waals surface area contributed by atoms with Crippen LogP contribution in [-0.4, -0.2) is 42.4 Å². The molecule has 2 amide bonds. The Hall–Kier alpha value is -3.09. The minimum atomic E-state index is -0.605. The van der Waals surface area contributed by atoms with Crippen LogP contribution in [0.15, 0.2) is 41.0 Å². The molecule has 1 saturated heterocycles. The number of anilines is 1. The molecule has 1 aliphatic heterocycles. The molecule has 0 aliphatic carbocycles. The van der Waals surface area contributed by atoms with Crippen molar-refractivity contribution >= 4 is 23.5 Å². The number of piperidine rings is 1. The van der Waals surface area contributed by atoms with Gasteiger partial charge in [-0.15, -0.1) is 0 Å². The van der Waals surface area contributed by atoms with E-state index >= 15 is 0 Å². The molecule has 1 aromatic heterocycles. The monoisotopic (exact) mass is 384 g/mol. The number of ether oxygens (including phenoxy) is 1. The first-order chi connectivity index (χ1) is 13.4. The first kappa shape index (κ1) is 19.7. The maximum Gasteiger partial charge on any atom is 0.338 e. The van der Waals surface area contributed by atoms with Gasteiger partial charge in [0.1, 0.15) is 0 Å². The number of carbonyl (C=O) groups excluding carboxylic acids is 3. The van der Waals surface area contributed by atoms with Crippen molar-refractivity contribution in [1.29, 1.82) is 0 Å². The van der Waals surface area contributed by atoms with Crippen molar-refractivity contribution in [2.24, 2.45) is 5.92 Å². The summed E-state index contributed by atoms with van der Waals surface area (Å²) < 4.78 is 10.3. The average molecular weight is 384 g/mol. The van der Waals surface area contributed by atoms with Gasteiger partial charge in [0.15, 0.2) is 12.4 Å². The van der Waals surface area contributed by atoms with E-state index in [0.29, 0.717) is 24.7 Å². The van der Waals surface area contributed by atoms with E-state index < -0.39 is 11.9 Å². The number of nitrogens with zero attached hydrogens (tertiary/aromatic N) is 1. The Kier molecular flexibility index (Phi) is 6.13. The minimum Gasteiger partial charge on any atom is -0.459 e. The van der Waals surface area contributed by atoms with Gasteiger partial charge in [0.05, 0.1) is 11.8 Å². The summed E-state index contributed by atoms with van der Waals surface area (Å²) in [4.78, 5) is 38.5. The van der Waals surface area contributed by atoms with Crippen LogP contribution in [0.1, 0.15) is 46.2 Å². The van der Waals surface area contributed by atoms with Gasteiger partial charge in [-0.3, -0.25) is 9.59 Å². The van der Waals surface area contributed by atoms with Gasteiger partial charge in [-0.2, -0.15) is 0 Å². The van der Waals surface area contributed by atoms with Crippen molar-refractivity contribution in [3.63, 3.8) is 0 Å². The molecule has 3 rings (SSSR count). The number of likely N-dealkylation sites (tertiary alicyclic amines) is 1. The second-order valence-corrected chi connectivity index (χ2v) is 7.12. The number of rotatable bonds is 5. The number of esters is 1. The number of furan rings is 1. The molecule has 7 heteroatoms. The third-order valence-corrected chi connectivity index (χ3v) is 4.80. The van der Waals surface area contributed by atoms with E-state index in [1.807, 2.05) is 6.92 Å². The van der Waals surface area contributed by atoms with Crippen LogP contribution in [0.5, 0.6) is 0 Å². The lowest BCUT2D eigenvalue weighted by molar-refractivity contribution is -0.136. The maximum absolute atomic E-state index is 12.4. The molecule has 1 fully saturated rings. The van der Waals surface area contributed by atoms with Crippen molar-refractivity contribution in [3.8, 4) is 0 Å². The zero-order valence-corrected chi connectivity index (χ0v) is 16.1. The highest BCUT2D eigenvalue weighted by Crippen LogP contribution is 2.19. The molecule has 0 unspecified atom stereocenters. The number of benzene rings is 1. The third kappa shape index (κ3) is 4.79. The predicted molar refractivity (Wildman–Crippen MR) is 103 cm³/mol. The smallest absolute Gasteiger partial charge is 0.338 e. The Balaban J connectivity index is 1.60. The Labute approximate surface area is 163 Å². The number of hydrogen-bond acceptors (Lipinski definition) is 5. The molecule has 0 saturated carbocycles. The van der Waals surface area contributed by atoms with E-state index in [2.05, 4.69) is 12.2 Å². The number of nitrogens with one attached hydrogen (secondary N) is 1. The lowest BCUT2D eigenvalue weighted by Crippen LogP contribution is -2.41. The second-order valence-electron chi connectivity index (χ2n) is 7.12. The first-order valence-electron chi connectivity index (χ1n) is 9.34. The fraction of sp³-hybridized carbons (Fsp3) is 0.381. The van der Waals surface area contributed by atoms with Crippen molar-refractivity contribution in [2.75, 3.05) is 25.0 Å². The Bertz CT molecular complexity index is 860. The van der Waals surface area contributed by atoms with E-state index in [9.17, 15) is 14.4 Å². The highest BCUT2D eigenvalue weighted by atomic mass is 16.5. The topological polar surface area (TPSA) is 88.9 Å². The summed E-state index contributed by atoms with van der Waals surface area (Å²) in [5.41, 5.74) is 1.53. The highest BCUT2D eigenvalue weighted by molar-refractivity contribution is 6.03. The summed E-state index contributed by atoms with van der Waals surface area (Å²) in [6, 6.07) is 8.02. The maximum atomic E-state index is 12.4. The van der Waals surface area contributed by atoms with Crippen molar-refractivity contribution in [2.45, 2.75) is 26.7 Å². The average Bonchev–Trinajstić information content (AvgIpc) is 3.22. The normalized spacial score (nSPS) is 16.5. The first-order valence-corrected chi connectivity index (χ1v) is 9.34. The molecule has 2 aromatic rings. The fourth-order valence-corrected chi connectivity index (χ4v) is 3.19. The highest BCUT2D eigenvalue weighted by Gasteiger charge is 2.22. The predicted octanol–water partition coefficient (Wildman–Crippen LogP) is 3.26. The molecule has 0 bridgehead atoms. The number of carbonyl (C=O) groups is 3. The summed E-state index contributed by atoms with van der Waals surface area (Å²) in [7, 11) is 0. The summed E-state index contributed by atoms with van der Waals surface area (Å²) in [5.74, 6) is -0.558. The van der Waals surface area contributed by atoms with Gasteiger partial charge < -0.3 is 19.4 Å². The Morgan fingerprint density at radius 2 is 2.11 bits per heavy atom. The summed E-state index contributed by atoms with van der Waals surface area (Å²) in [6.07, 6.45) is 3.49. The van der Waals surface area contributed by atoms with Gasteiger partial charge in [0.25, 0.3) is 11.8 Å². The summed E-state index contributed by atoms with van der Waals surface area (Å²) in [6.45, 7) is 5.04. The van der Waals surface area contributed by atoms with Crippen molar-refractivity contribution < 1.29 is 23.5 Å². The molecule has 28 heavy (non-hydrogen) atoms. The summed E-state index contributed by atoms with van der Waals surface area (Å²) >= 11 is 0. The van der Waals surface area contributed by atoms with E-state index in [0.717, 1.165) is 18.4 Å². The molecule has 0 radical (unpaired) electrons. The summed E-state index contributed by atoms with van der Waals surface area (Å²) in [5, 5.41) is 2.71. The van der Waals surface area contributed by atoms with E-state index in [-0.39, 0.29) is 23.8 Å². The SMILES string of the molecule is Cc1ccc(C(=O)OCC(=O)N2CCC[C@H](C)C2)cc1NC(=O)c1ccco1. The van der Waals surface area contributed by atoms with Crippen molar-refractivity contribution in [1.82, 2.24) is 4.90 Å². The molecule has 1 N–H and O–H groups in total. The van der Waals surface area contributed by atoms with Gasteiger partial charge in [-0.05, 0) is 55.5 Å². The number of hydrogen-bond donors (Lipinski definition) is 1. The number of amides is 2. The van der Waals surface area contributed by atoms with Crippen LogP contribution in [-0.2, 0) is 9.53 Å². The van der Waals surface area contributed by atoms with E-state index in [1.54, 1.807) is 29.2 Å². The largest absolute Gasteiger partial charge is 0.459 e. The molecular formula is C21H24N2O5. The molecular weight excluding hydrogens is 360 g/mol. The van der Waals surface area contributed by atoms with E-state index in [1.165, 1.54) is 12.3 Å². The van der Waals surface area contributed by atoms with Gasteiger partial charge in [-0.1, -0.05) is 13.0 Å². The molecule has 148 valence electrons. The molecule has 0 spiro atoms. The Morgan fingerprint density at radius 3 is 2.82 bits per heavy atom. The zero-order valence-electron chi connectivity index (χ0n) is 16.1. The molecule has 2 heterocycles. The molecule has 1 aliphatic rings. The van der Waals surface area contributed by atoms with Crippen LogP contribution in [0.2, 0.25) is 0 Å². The molecule has 1 aromatic carbocycles. The van der Waals surface area contributed by atoms with Crippen LogP contribution < -0.4 is 5.32 Å². The van der Waals surface area contributed by atoms with Gasteiger partial charge >= 0.3 is 5.97 Å². The third-order valence-electron chi connectivity index (χ3n) is 4.80. The van der Waals surface area contributed by atoms with Crippen LogP contribution in [0.3, 0.4) is 0 Å². The fourth-order valence-electron chi connectivity index (χ4n) is 3.19. The minimum absolute atomic E-state index is 0.175. The second kappa shape index (κ2) is 8.73. The van der Waals surface area contributed by atoms with Crippen molar-refractivity contribution in [3.05, 3.63) is 53.5 Å². The van der Waals surface area contributed by atoms with E-state index in [4.69, 9.17) is 9.15 Å². The lowest BCUT2D eigenvalue weighted by Gasteiger charge is -2.30. The Morgan fingerprint density at radius 1 is 1.29 bits per heavy atom. The quantitative estimate of drug-likeness (QED) is 0.800. The van der Waals surface area contributed by atoms with Crippen LogP contribution in [0.25, 0.3) is 0 Å². The lowest BCUT2D eigenvalue weighted by atomic mass is 10.0. The molecule has 1 atom stereocenters. The molecule has 7 nitrogen and oxygen atoms in total. The van der Waals surface area contributed by atoms with Gasteiger partial charge in [-0.25, -0.2) is 4.79 Å². The zero-order chi connectivity index (χ0) is 20.1. The van der Waals surface area contributed by atoms with Gasteiger partial charge in [0, 0.05) is 18.8 Å².